The van der Waals surface area contributed by atoms with E-state index in [-0.39, 0.29) is 75.8 Å². The molecule has 0 bridgehead atoms. The highest BCUT2D eigenvalue weighted by Gasteiger charge is 2.66. The van der Waals surface area contributed by atoms with Crippen LogP contribution in [-0.4, -0.2) is 76.2 Å². The number of carbonyl (C=O) groups excluding carboxylic acids is 2. The maximum Gasteiger partial charge on any atom is 0.412 e. The van der Waals surface area contributed by atoms with Crippen molar-refractivity contribution in [3.8, 4) is 11.5 Å². The van der Waals surface area contributed by atoms with Gasteiger partial charge in [0.1, 0.15) is 30.0 Å². The zero-order valence-corrected chi connectivity index (χ0v) is 45.2. The largest absolute Gasteiger partial charge is 0.459 e. The second kappa shape index (κ2) is 30.5. The van der Waals surface area contributed by atoms with Crippen molar-refractivity contribution in [1.82, 2.24) is 10.2 Å². The van der Waals surface area contributed by atoms with E-state index in [2.05, 4.69) is 24.9 Å². The number of nitrogens with one attached hydrogen (secondary N) is 1. The van der Waals surface area contributed by atoms with E-state index in [1.807, 2.05) is 36.4 Å². The summed E-state index contributed by atoms with van der Waals surface area (Å²) in [5.74, 6) is -2.70. The molecule has 7 rings (SSSR count). The molecule has 0 unspecified atom stereocenters. The lowest BCUT2D eigenvalue weighted by Crippen LogP contribution is -2.70. The topological polar surface area (TPSA) is 192 Å². The number of nitro benzene ring substituents is 1. The number of ether oxygens (including phenoxy) is 4. The standard InChI is InChI=1S/C62H79FN4O11/c1-3-5-6-7-8-9-10-11-12-20-38-74-61(71)66(43-46-25-29-49(63)30-26-46)57-41-55(65-76-44-47-27-31-50(32-28-47)67(72)73)53-39-48(23-16-18-35-68)52(24-17-19-36-69)58-54-40-51(77-60(70)64-42-45-21-14-13-15-22-45)33-34-56(54)78-62(57,59(53)58)75-37-4-2/h4,13-15,21-22,25-34,39-40,48,52,57-59,68-69H,2-3,5-12,16-20,23-24,35-38,41-44H2,1H3,(H,64,70)/t48-,52+,57-,58+,59+,62+/m0/s1. The highest BCUT2D eigenvalue weighted by molar-refractivity contribution is 6.03. The van der Waals surface area contributed by atoms with Crippen LogP contribution in [0.2, 0.25) is 0 Å². The summed E-state index contributed by atoms with van der Waals surface area (Å²) in [5.41, 5.74) is 4.16. The summed E-state index contributed by atoms with van der Waals surface area (Å²) in [4.78, 5) is 47.5. The van der Waals surface area contributed by atoms with Gasteiger partial charge in [0.05, 0.1) is 29.8 Å². The number of aliphatic hydroxyl groups is 2. The smallest absolute Gasteiger partial charge is 0.412 e. The fourth-order valence-corrected chi connectivity index (χ4v) is 11.4. The van der Waals surface area contributed by atoms with Crippen LogP contribution in [0.4, 0.5) is 19.7 Å². The first-order valence-corrected chi connectivity index (χ1v) is 28.2. The number of aliphatic hydroxyl groups excluding tert-OH is 2. The molecule has 4 aromatic rings. The number of nitrogens with zero attached hydrogens (tertiary/aromatic N) is 3. The third-order valence-electron chi connectivity index (χ3n) is 15.3. The van der Waals surface area contributed by atoms with Gasteiger partial charge in [0, 0.05) is 56.3 Å². The summed E-state index contributed by atoms with van der Waals surface area (Å²) in [6, 6.07) is 25.9. The van der Waals surface area contributed by atoms with Crippen LogP contribution >= 0.6 is 0 Å². The monoisotopic (exact) mass is 1070 g/mol. The van der Waals surface area contributed by atoms with Crippen molar-refractivity contribution in [2.45, 2.75) is 154 Å². The molecular formula is C62H79FN4O11. The second-order valence-corrected chi connectivity index (χ2v) is 20.7. The van der Waals surface area contributed by atoms with Crippen molar-refractivity contribution in [3.05, 3.63) is 160 Å². The number of unbranched alkanes of at least 4 members (excludes halogenated alkanes) is 11. The number of carbonyl (C=O) groups is 2. The van der Waals surface area contributed by atoms with Gasteiger partial charge in [-0.1, -0.05) is 137 Å². The summed E-state index contributed by atoms with van der Waals surface area (Å²) in [6.07, 6.45) is 17.7. The van der Waals surface area contributed by atoms with Gasteiger partial charge in [0.25, 0.3) is 5.69 Å². The molecule has 3 aliphatic rings. The third-order valence-corrected chi connectivity index (χ3v) is 15.3. The molecule has 6 atom stereocenters. The Morgan fingerprint density at radius 1 is 0.859 bits per heavy atom. The molecule has 0 spiro atoms. The van der Waals surface area contributed by atoms with Crippen LogP contribution < -0.4 is 14.8 Å². The number of allylic oxidation sites excluding steroid dienone is 1. The molecule has 0 radical (unpaired) electrons. The maximum atomic E-state index is 15.1. The Hall–Kier alpha value is -6.62. The predicted octanol–water partition coefficient (Wildman–Crippen LogP) is 13.4. The van der Waals surface area contributed by atoms with Gasteiger partial charge in [-0.15, -0.1) is 6.58 Å². The van der Waals surface area contributed by atoms with Gasteiger partial charge < -0.3 is 39.3 Å². The molecule has 3 N–H and O–H groups in total. The number of non-ortho nitro benzene ring substituents is 1. The van der Waals surface area contributed by atoms with Gasteiger partial charge in [0.2, 0.25) is 5.79 Å². The number of halogens is 1. The van der Waals surface area contributed by atoms with Crippen LogP contribution in [0.25, 0.3) is 0 Å². The number of hydrogen-bond acceptors (Lipinski definition) is 12. The Kier molecular flexibility index (Phi) is 23.1. The molecule has 0 aromatic heterocycles. The van der Waals surface area contributed by atoms with Crippen LogP contribution in [0.3, 0.4) is 0 Å². The number of rotatable bonds is 32. The van der Waals surface area contributed by atoms with Crippen LogP contribution in [0.15, 0.2) is 127 Å². The molecule has 1 aliphatic heterocycles. The minimum absolute atomic E-state index is 0.00378. The normalized spacial score (nSPS) is 20.6. The summed E-state index contributed by atoms with van der Waals surface area (Å²) >= 11 is 0. The van der Waals surface area contributed by atoms with E-state index >= 15 is 4.79 Å². The van der Waals surface area contributed by atoms with Crippen molar-refractivity contribution in [1.29, 1.82) is 0 Å². The lowest BCUT2D eigenvalue weighted by atomic mass is 9.55. The van der Waals surface area contributed by atoms with Crippen LogP contribution in [0.5, 0.6) is 11.5 Å². The first kappa shape index (κ1) is 59.0. The van der Waals surface area contributed by atoms with E-state index in [4.69, 9.17) is 28.9 Å². The van der Waals surface area contributed by atoms with Crippen molar-refractivity contribution < 1.29 is 52.9 Å². The number of hydrogen-bond donors (Lipinski definition) is 3. The molecular weight excluding hydrogens is 996 g/mol. The molecule has 1 heterocycles. The molecule has 15 nitrogen and oxygen atoms in total. The zero-order valence-electron chi connectivity index (χ0n) is 45.2. The quantitative estimate of drug-likeness (QED) is 0.0182. The first-order valence-electron chi connectivity index (χ1n) is 28.2. The minimum atomic E-state index is -1.65. The van der Waals surface area contributed by atoms with Gasteiger partial charge >= 0.3 is 12.2 Å². The Balaban J connectivity index is 1.33. The summed E-state index contributed by atoms with van der Waals surface area (Å²) in [5, 5.41) is 39.4. The fourth-order valence-electron chi connectivity index (χ4n) is 11.4. The Morgan fingerprint density at radius 2 is 1.54 bits per heavy atom. The third kappa shape index (κ3) is 16.0. The summed E-state index contributed by atoms with van der Waals surface area (Å²) < 4.78 is 41.3. The van der Waals surface area contributed by atoms with E-state index in [1.54, 1.807) is 47.4 Å². The number of nitro groups is 1. The van der Waals surface area contributed by atoms with Gasteiger partial charge in [-0.2, -0.15) is 0 Å². The Labute approximate surface area is 459 Å². The second-order valence-electron chi connectivity index (χ2n) is 20.7. The number of fused-ring (bicyclic) bond motifs is 2. The molecule has 1 saturated carbocycles. The average molecular weight is 1080 g/mol. The summed E-state index contributed by atoms with van der Waals surface area (Å²) in [7, 11) is 0. The molecule has 16 heteroatoms. The van der Waals surface area contributed by atoms with Gasteiger partial charge in [0.15, 0.2) is 0 Å². The lowest BCUT2D eigenvalue weighted by Gasteiger charge is -2.59. The number of amides is 2. The van der Waals surface area contributed by atoms with Crippen molar-refractivity contribution in [2.75, 3.05) is 26.4 Å². The molecule has 2 amide bonds. The van der Waals surface area contributed by atoms with Crippen LogP contribution in [0, 0.1) is 33.7 Å². The van der Waals surface area contributed by atoms with Crippen molar-refractivity contribution in [3.63, 3.8) is 0 Å². The fraction of sp³-hybridized carbons (Fsp3) is 0.500. The molecule has 78 heavy (non-hydrogen) atoms. The van der Waals surface area contributed by atoms with Crippen LogP contribution in [-0.2, 0) is 34.0 Å². The molecule has 4 aromatic carbocycles. The van der Waals surface area contributed by atoms with Gasteiger partial charge in [-0.25, -0.2) is 14.0 Å². The van der Waals surface area contributed by atoms with Gasteiger partial charge in [-0.05, 0) is 109 Å². The number of oxime groups is 1. The Bertz CT molecular complexity index is 2600. The van der Waals surface area contributed by atoms with Crippen LogP contribution in [0.1, 0.15) is 144 Å². The maximum absolute atomic E-state index is 15.1. The van der Waals surface area contributed by atoms with Crippen molar-refractivity contribution in [2.24, 2.45) is 22.9 Å². The number of benzene rings is 4. The molecule has 420 valence electrons. The summed E-state index contributed by atoms with van der Waals surface area (Å²) in [6.45, 7) is 6.70. The van der Waals surface area contributed by atoms with E-state index < -0.39 is 46.6 Å². The highest BCUT2D eigenvalue weighted by atomic mass is 19.1. The van der Waals surface area contributed by atoms with E-state index in [0.717, 1.165) is 36.0 Å². The predicted molar refractivity (Wildman–Crippen MR) is 297 cm³/mol. The highest BCUT2D eigenvalue weighted by Crippen LogP contribution is 2.62. The molecule has 0 saturated heterocycles. The lowest BCUT2D eigenvalue weighted by molar-refractivity contribution is -0.384. The minimum Gasteiger partial charge on any atom is -0.459 e. The Morgan fingerprint density at radius 3 is 2.22 bits per heavy atom. The zero-order chi connectivity index (χ0) is 55.1. The van der Waals surface area contributed by atoms with Gasteiger partial charge in [-0.3, -0.25) is 15.0 Å². The molecule has 1 fully saturated rings. The average Bonchev–Trinajstić information content (AvgIpc) is 3.01. The van der Waals surface area contributed by atoms with E-state index in [0.29, 0.717) is 67.5 Å². The van der Waals surface area contributed by atoms with E-state index in [1.165, 1.54) is 62.8 Å². The first-order chi connectivity index (χ1) is 38.1. The van der Waals surface area contributed by atoms with Crippen molar-refractivity contribution >= 4 is 23.6 Å². The molecule has 2 aliphatic carbocycles. The van der Waals surface area contributed by atoms with E-state index in [9.17, 15) is 29.5 Å². The SMILES string of the molecule is C=CCO[C@@]12Oc3ccc(OC(=O)NCc4ccccc4)cc3[C@H]3[C@H](CCCCO)[C@@H](CCCCO)C=C(C(=NOCc4ccc([N+](=O)[O-])cc4)C[C@@H]1N(Cc1ccc(F)cc1)C(=O)OCCCCCCCCCCCC)[C@H]32.